The average Bonchev–Trinajstić information content (AvgIpc) is 2.29. The fourth-order valence-electron chi connectivity index (χ4n) is 1.63. The van der Waals surface area contributed by atoms with Crippen molar-refractivity contribution in [3.05, 3.63) is 39.4 Å². The second kappa shape index (κ2) is 5.90. The third-order valence-corrected chi connectivity index (χ3v) is 2.65. The summed E-state index contributed by atoms with van der Waals surface area (Å²) in [4.78, 5) is 23.5. The Morgan fingerprint density at radius 2 is 2.00 bits per heavy atom. The first kappa shape index (κ1) is 15.9. The Kier molecular flexibility index (Phi) is 4.70. The van der Waals surface area contributed by atoms with E-state index in [4.69, 9.17) is 4.74 Å². The Bertz CT molecular complexity index is 520. The van der Waals surface area contributed by atoms with E-state index in [9.17, 15) is 14.9 Å². The van der Waals surface area contributed by atoms with Crippen molar-refractivity contribution in [3.8, 4) is 0 Å². The quantitative estimate of drug-likeness (QED) is 0.629. The molecule has 0 N–H and O–H groups in total. The Hall–Kier alpha value is -2.11. The number of rotatable bonds is 3. The maximum Gasteiger partial charge on any atom is 0.410 e. The number of ether oxygens (including phenoxy) is 1. The van der Waals surface area contributed by atoms with Crippen LogP contribution in [0.4, 0.5) is 10.5 Å². The number of nitrogens with zero attached hydrogens (tertiary/aromatic N) is 2. The van der Waals surface area contributed by atoms with Crippen LogP contribution in [0.3, 0.4) is 0 Å². The second-order valence-electron chi connectivity index (χ2n) is 5.70. The van der Waals surface area contributed by atoms with Gasteiger partial charge in [-0.1, -0.05) is 6.07 Å². The number of non-ortho nitro benzene ring substituents is 1. The molecule has 1 aromatic rings. The van der Waals surface area contributed by atoms with Gasteiger partial charge in [-0.25, -0.2) is 4.79 Å². The second-order valence-corrected chi connectivity index (χ2v) is 5.70. The van der Waals surface area contributed by atoms with Crippen LogP contribution in [0, 0.1) is 17.0 Å². The van der Waals surface area contributed by atoms with Crippen molar-refractivity contribution >= 4 is 11.8 Å². The Labute approximate surface area is 118 Å². The van der Waals surface area contributed by atoms with Gasteiger partial charge in [0.05, 0.1) is 4.92 Å². The summed E-state index contributed by atoms with van der Waals surface area (Å²) in [5.74, 6) is 0. The lowest BCUT2D eigenvalue weighted by atomic mass is 10.1. The minimum Gasteiger partial charge on any atom is -0.444 e. The van der Waals surface area contributed by atoms with Crippen LogP contribution in [0.1, 0.15) is 31.9 Å². The largest absolute Gasteiger partial charge is 0.444 e. The van der Waals surface area contributed by atoms with E-state index in [0.29, 0.717) is 6.54 Å². The van der Waals surface area contributed by atoms with Gasteiger partial charge in [-0.3, -0.25) is 10.1 Å². The van der Waals surface area contributed by atoms with Crippen LogP contribution in [0.5, 0.6) is 0 Å². The van der Waals surface area contributed by atoms with E-state index in [1.165, 1.54) is 17.0 Å². The minimum atomic E-state index is -0.546. The van der Waals surface area contributed by atoms with Gasteiger partial charge in [0, 0.05) is 25.7 Å². The molecule has 20 heavy (non-hydrogen) atoms. The number of amides is 1. The van der Waals surface area contributed by atoms with E-state index in [1.54, 1.807) is 40.8 Å². The summed E-state index contributed by atoms with van der Waals surface area (Å²) in [6.45, 7) is 7.53. The smallest absolute Gasteiger partial charge is 0.410 e. The first-order chi connectivity index (χ1) is 9.10. The van der Waals surface area contributed by atoms with Crippen molar-refractivity contribution in [2.75, 3.05) is 7.05 Å². The van der Waals surface area contributed by atoms with Crippen LogP contribution >= 0.6 is 0 Å². The van der Waals surface area contributed by atoms with E-state index in [0.717, 1.165) is 11.1 Å². The minimum absolute atomic E-state index is 0.0474. The summed E-state index contributed by atoms with van der Waals surface area (Å²) in [7, 11) is 1.63. The van der Waals surface area contributed by atoms with Gasteiger partial charge in [0.1, 0.15) is 5.60 Å². The number of carbonyl (C=O) groups is 1. The summed E-state index contributed by atoms with van der Waals surface area (Å²) < 4.78 is 5.25. The zero-order valence-electron chi connectivity index (χ0n) is 12.5. The molecule has 0 unspecified atom stereocenters. The lowest BCUT2D eigenvalue weighted by molar-refractivity contribution is -0.384. The topological polar surface area (TPSA) is 72.7 Å². The molecule has 6 nitrogen and oxygen atoms in total. The summed E-state index contributed by atoms with van der Waals surface area (Å²) in [6, 6.07) is 4.60. The molecule has 0 heterocycles. The summed E-state index contributed by atoms with van der Waals surface area (Å²) in [5, 5.41) is 10.7. The SMILES string of the molecule is Cc1cc([N+](=O)[O-])ccc1CN(C)C(=O)OC(C)(C)C. The van der Waals surface area contributed by atoms with Crippen LogP contribution in [-0.4, -0.2) is 28.6 Å². The van der Waals surface area contributed by atoms with Gasteiger partial charge < -0.3 is 9.64 Å². The molecular weight excluding hydrogens is 260 g/mol. The monoisotopic (exact) mass is 280 g/mol. The normalized spacial score (nSPS) is 11.1. The van der Waals surface area contributed by atoms with Gasteiger partial charge in [-0.05, 0) is 38.8 Å². The van der Waals surface area contributed by atoms with Crippen LogP contribution in [-0.2, 0) is 11.3 Å². The first-order valence-electron chi connectivity index (χ1n) is 6.28. The standard InChI is InChI=1S/C14H20N2O4/c1-10-8-12(16(18)19)7-6-11(10)9-15(5)13(17)20-14(2,3)4/h6-8H,9H2,1-5H3. The number of aryl methyl sites for hydroxylation is 1. The number of nitro benzene ring substituents is 1. The van der Waals surface area contributed by atoms with Gasteiger partial charge in [0.2, 0.25) is 0 Å². The van der Waals surface area contributed by atoms with Crippen molar-refractivity contribution in [2.24, 2.45) is 0 Å². The van der Waals surface area contributed by atoms with Crippen molar-refractivity contribution < 1.29 is 14.5 Å². The van der Waals surface area contributed by atoms with Gasteiger partial charge in [-0.2, -0.15) is 0 Å². The zero-order valence-corrected chi connectivity index (χ0v) is 12.5. The third-order valence-electron chi connectivity index (χ3n) is 2.65. The molecule has 0 fully saturated rings. The Morgan fingerprint density at radius 3 is 2.45 bits per heavy atom. The summed E-state index contributed by atoms with van der Waals surface area (Å²) in [6.07, 6.45) is -0.421. The van der Waals surface area contributed by atoms with Crippen molar-refractivity contribution in [2.45, 2.75) is 39.8 Å². The number of benzene rings is 1. The first-order valence-corrected chi connectivity index (χ1v) is 6.28. The molecule has 0 saturated carbocycles. The van der Waals surface area contributed by atoms with E-state index in [1.807, 2.05) is 0 Å². The van der Waals surface area contributed by atoms with Gasteiger partial charge in [-0.15, -0.1) is 0 Å². The maximum atomic E-state index is 11.8. The van der Waals surface area contributed by atoms with Gasteiger partial charge >= 0.3 is 6.09 Å². The maximum absolute atomic E-state index is 11.8. The highest BCUT2D eigenvalue weighted by atomic mass is 16.6. The van der Waals surface area contributed by atoms with Gasteiger partial charge in [0.15, 0.2) is 0 Å². The molecule has 6 heteroatoms. The highest BCUT2D eigenvalue weighted by Gasteiger charge is 2.20. The van der Waals surface area contributed by atoms with Gasteiger partial charge in [0.25, 0.3) is 5.69 Å². The molecule has 1 aromatic carbocycles. The summed E-state index contributed by atoms with van der Waals surface area (Å²) >= 11 is 0. The molecule has 0 aliphatic rings. The zero-order chi connectivity index (χ0) is 15.5. The molecule has 0 saturated heterocycles. The Morgan fingerprint density at radius 1 is 1.40 bits per heavy atom. The molecule has 1 rings (SSSR count). The van der Waals surface area contributed by atoms with E-state index in [-0.39, 0.29) is 5.69 Å². The van der Waals surface area contributed by atoms with Crippen LogP contribution in [0.2, 0.25) is 0 Å². The van der Waals surface area contributed by atoms with E-state index < -0.39 is 16.6 Å². The number of hydrogen-bond donors (Lipinski definition) is 0. The Balaban J connectivity index is 2.78. The molecular formula is C14H20N2O4. The molecule has 1 amide bonds. The lowest BCUT2D eigenvalue weighted by Gasteiger charge is -2.25. The molecule has 0 aromatic heterocycles. The number of nitro groups is 1. The van der Waals surface area contributed by atoms with Crippen LogP contribution in [0.25, 0.3) is 0 Å². The van der Waals surface area contributed by atoms with E-state index >= 15 is 0 Å². The molecule has 0 atom stereocenters. The highest BCUT2D eigenvalue weighted by Crippen LogP contribution is 2.19. The fourth-order valence-corrected chi connectivity index (χ4v) is 1.63. The predicted octanol–water partition coefficient (Wildman–Crippen LogP) is 3.27. The number of hydrogen-bond acceptors (Lipinski definition) is 4. The molecule has 0 bridgehead atoms. The van der Waals surface area contributed by atoms with Crippen molar-refractivity contribution in [3.63, 3.8) is 0 Å². The predicted molar refractivity (Wildman–Crippen MR) is 75.5 cm³/mol. The average molecular weight is 280 g/mol. The molecule has 0 aliphatic heterocycles. The highest BCUT2D eigenvalue weighted by molar-refractivity contribution is 5.67. The van der Waals surface area contributed by atoms with Crippen LogP contribution < -0.4 is 0 Å². The van der Waals surface area contributed by atoms with Crippen molar-refractivity contribution in [1.29, 1.82) is 0 Å². The molecule has 0 radical (unpaired) electrons. The lowest BCUT2D eigenvalue weighted by Crippen LogP contribution is -2.33. The summed E-state index contributed by atoms with van der Waals surface area (Å²) in [5.41, 5.74) is 1.13. The number of carbonyl (C=O) groups excluding carboxylic acids is 1. The molecule has 110 valence electrons. The fraction of sp³-hybridized carbons (Fsp3) is 0.500. The van der Waals surface area contributed by atoms with Crippen molar-refractivity contribution in [1.82, 2.24) is 4.90 Å². The van der Waals surface area contributed by atoms with E-state index in [2.05, 4.69) is 0 Å². The van der Waals surface area contributed by atoms with Crippen LogP contribution in [0.15, 0.2) is 18.2 Å². The molecule has 0 spiro atoms. The molecule has 0 aliphatic carbocycles. The third kappa shape index (κ3) is 4.53.